The standard InChI is InChI=1S/C31H22F3/c32-31(33,34)28-17-9-16-26(21-28)30(27-19-18-22-10-7-8-15-25(22)20-27)29(23-11-3-1-4-12-23)24-13-5-2-6-14-24/h1-21,29H. The van der Waals surface area contributed by atoms with Crippen LogP contribution in [0.5, 0.6) is 0 Å². The summed E-state index contributed by atoms with van der Waals surface area (Å²) in [6.45, 7) is 0. The lowest BCUT2D eigenvalue weighted by molar-refractivity contribution is -0.137. The average Bonchev–Trinajstić information content (AvgIpc) is 2.87. The van der Waals surface area contributed by atoms with Crippen LogP contribution in [0.15, 0.2) is 127 Å². The van der Waals surface area contributed by atoms with Gasteiger partial charge in [-0.1, -0.05) is 121 Å². The van der Waals surface area contributed by atoms with Crippen molar-refractivity contribution in [3.63, 3.8) is 0 Å². The lowest BCUT2D eigenvalue weighted by atomic mass is 9.73. The van der Waals surface area contributed by atoms with Gasteiger partial charge >= 0.3 is 6.18 Å². The van der Waals surface area contributed by atoms with Gasteiger partial charge in [-0.05, 0) is 39.1 Å². The van der Waals surface area contributed by atoms with E-state index in [1.807, 2.05) is 97.1 Å². The van der Waals surface area contributed by atoms with Gasteiger partial charge in [-0.2, -0.15) is 13.2 Å². The van der Waals surface area contributed by atoms with E-state index in [2.05, 4.69) is 6.07 Å². The van der Waals surface area contributed by atoms with E-state index in [1.165, 1.54) is 12.1 Å². The summed E-state index contributed by atoms with van der Waals surface area (Å²) < 4.78 is 41.0. The molecule has 3 heteroatoms. The van der Waals surface area contributed by atoms with Gasteiger partial charge in [0, 0.05) is 11.8 Å². The number of halogens is 3. The molecule has 0 fully saturated rings. The predicted octanol–water partition coefficient (Wildman–Crippen LogP) is 8.66. The normalized spacial score (nSPS) is 11.9. The molecule has 5 aromatic rings. The van der Waals surface area contributed by atoms with Crippen LogP contribution in [0.4, 0.5) is 13.2 Å². The summed E-state index contributed by atoms with van der Waals surface area (Å²) in [4.78, 5) is 0. The number of hydrogen-bond donors (Lipinski definition) is 0. The minimum Gasteiger partial charge on any atom is -0.166 e. The second kappa shape index (κ2) is 9.18. The monoisotopic (exact) mass is 451 g/mol. The Morgan fingerprint density at radius 3 is 1.68 bits per heavy atom. The molecular weight excluding hydrogens is 429 g/mol. The Bertz CT molecular complexity index is 1350. The summed E-state index contributed by atoms with van der Waals surface area (Å²) in [6, 6.07) is 39.7. The van der Waals surface area contributed by atoms with Gasteiger partial charge in [-0.3, -0.25) is 0 Å². The summed E-state index contributed by atoms with van der Waals surface area (Å²) in [6.07, 6.45) is -4.42. The molecule has 0 aliphatic carbocycles. The van der Waals surface area contributed by atoms with Gasteiger partial charge in [0.1, 0.15) is 0 Å². The molecule has 0 N–H and O–H groups in total. The van der Waals surface area contributed by atoms with Crippen LogP contribution in [0.1, 0.15) is 33.7 Å². The first-order valence-electron chi connectivity index (χ1n) is 11.1. The molecule has 0 aliphatic heterocycles. The van der Waals surface area contributed by atoms with E-state index < -0.39 is 11.7 Å². The molecule has 5 aromatic carbocycles. The fourth-order valence-corrected chi connectivity index (χ4v) is 4.54. The summed E-state index contributed by atoms with van der Waals surface area (Å²) >= 11 is 0. The minimum absolute atomic E-state index is 0.243. The van der Waals surface area contributed by atoms with E-state index in [0.717, 1.165) is 39.4 Å². The molecule has 0 nitrogen and oxygen atoms in total. The molecule has 167 valence electrons. The fourth-order valence-electron chi connectivity index (χ4n) is 4.54. The zero-order valence-corrected chi connectivity index (χ0v) is 18.3. The van der Waals surface area contributed by atoms with Gasteiger partial charge in [0.05, 0.1) is 5.56 Å². The SMILES string of the molecule is FC(F)(F)c1cccc([C](c2ccc3ccccc3c2)C(c2ccccc2)c2ccccc2)c1. The highest BCUT2D eigenvalue weighted by atomic mass is 19.4. The van der Waals surface area contributed by atoms with Crippen LogP contribution in [-0.2, 0) is 6.18 Å². The second-order valence-corrected chi connectivity index (χ2v) is 8.31. The zero-order valence-electron chi connectivity index (χ0n) is 18.3. The smallest absolute Gasteiger partial charge is 0.166 e. The Labute approximate surface area is 197 Å². The molecule has 34 heavy (non-hydrogen) atoms. The number of hydrogen-bond acceptors (Lipinski definition) is 0. The van der Waals surface area contributed by atoms with Crippen molar-refractivity contribution in [1.29, 1.82) is 0 Å². The predicted molar refractivity (Wildman–Crippen MR) is 132 cm³/mol. The van der Waals surface area contributed by atoms with Crippen molar-refractivity contribution >= 4 is 10.8 Å². The largest absolute Gasteiger partial charge is 0.416 e. The fraction of sp³-hybridized carbons (Fsp3) is 0.0645. The zero-order chi connectivity index (χ0) is 23.5. The first-order valence-corrected chi connectivity index (χ1v) is 11.1. The van der Waals surface area contributed by atoms with Gasteiger partial charge in [0.25, 0.3) is 0 Å². The quantitative estimate of drug-likeness (QED) is 0.251. The Balaban J connectivity index is 1.77. The van der Waals surface area contributed by atoms with Crippen LogP contribution < -0.4 is 0 Å². The highest BCUT2D eigenvalue weighted by Crippen LogP contribution is 2.44. The number of fused-ring (bicyclic) bond motifs is 1. The summed E-state index contributed by atoms with van der Waals surface area (Å²) in [5, 5.41) is 2.13. The topological polar surface area (TPSA) is 0 Å². The molecule has 0 amide bonds. The maximum Gasteiger partial charge on any atom is 0.416 e. The molecule has 0 saturated carbocycles. The third-order valence-electron chi connectivity index (χ3n) is 6.12. The summed E-state index contributed by atoms with van der Waals surface area (Å²) in [7, 11) is 0. The van der Waals surface area contributed by atoms with E-state index >= 15 is 0 Å². The molecular formula is C31H22F3. The van der Waals surface area contributed by atoms with Gasteiger partial charge in [0.2, 0.25) is 0 Å². The molecule has 0 aliphatic rings. The maximum atomic E-state index is 13.7. The van der Waals surface area contributed by atoms with E-state index in [1.54, 1.807) is 6.07 Å². The van der Waals surface area contributed by atoms with Gasteiger partial charge in [-0.15, -0.1) is 0 Å². The maximum absolute atomic E-state index is 13.7. The molecule has 0 aromatic heterocycles. The molecule has 0 saturated heterocycles. The molecule has 0 bridgehead atoms. The Morgan fingerprint density at radius 1 is 0.500 bits per heavy atom. The highest BCUT2D eigenvalue weighted by Gasteiger charge is 2.34. The third-order valence-corrected chi connectivity index (χ3v) is 6.12. The van der Waals surface area contributed by atoms with Crippen LogP contribution in [0.2, 0.25) is 0 Å². The lowest BCUT2D eigenvalue weighted by Gasteiger charge is -2.29. The molecule has 0 heterocycles. The molecule has 1 radical (unpaired) electrons. The van der Waals surface area contributed by atoms with Crippen molar-refractivity contribution in [2.75, 3.05) is 0 Å². The Morgan fingerprint density at radius 2 is 1.06 bits per heavy atom. The lowest BCUT2D eigenvalue weighted by Crippen LogP contribution is -2.17. The summed E-state index contributed by atoms with van der Waals surface area (Å²) in [5.41, 5.74) is 2.85. The third kappa shape index (κ3) is 4.47. The Hall–Kier alpha value is -3.85. The van der Waals surface area contributed by atoms with Crippen LogP contribution in [0.25, 0.3) is 10.8 Å². The van der Waals surface area contributed by atoms with E-state index in [9.17, 15) is 13.2 Å². The van der Waals surface area contributed by atoms with Crippen LogP contribution in [0, 0.1) is 5.92 Å². The van der Waals surface area contributed by atoms with E-state index in [0.29, 0.717) is 5.56 Å². The molecule has 5 rings (SSSR count). The van der Waals surface area contributed by atoms with Crippen LogP contribution >= 0.6 is 0 Å². The van der Waals surface area contributed by atoms with E-state index in [-0.39, 0.29) is 5.92 Å². The Kier molecular flexibility index (Phi) is 5.93. The van der Waals surface area contributed by atoms with Crippen LogP contribution in [-0.4, -0.2) is 0 Å². The van der Waals surface area contributed by atoms with E-state index in [4.69, 9.17) is 0 Å². The van der Waals surface area contributed by atoms with Gasteiger partial charge in [0.15, 0.2) is 0 Å². The number of rotatable bonds is 5. The van der Waals surface area contributed by atoms with Gasteiger partial charge < -0.3 is 0 Å². The molecule has 0 unspecified atom stereocenters. The van der Waals surface area contributed by atoms with Crippen molar-refractivity contribution in [1.82, 2.24) is 0 Å². The molecule has 0 atom stereocenters. The van der Waals surface area contributed by atoms with Crippen molar-refractivity contribution < 1.29 is 13.2 Å². The van der Waals surface area contributed by atoms with Crippen molar-refractivity contribution in [3.05, 3.63) is 161 Å². The van der Waals surface area contributed by atoms with Crippen LogP contribution in [0.3, 0.4) is 0 Å². The second-order valence-electron chi connectivity index (χ2n) is 8.31. The van der Waals surface area contributed by atoms with Gasteiger partial charge in [-0.25, -0.2) is 0 Å². The minimum atomic E-state index is -4.42. The first-order chi connectivity index (χ1) is 16.5. The first kappa shape index (κ1) is 22.0. The molecule has 0 spiro atoms. The van der Waals surface area contributed by atoms with Crippen molar-refractivity contribution in [3.8, 4) is 0 Å². The average molecular weight is 452 g/mol. The highest BCUT2D eigenvalue weighted by molar-refractivity contribution is 5.84. The number of alkyl halides is 3. The van der Waals surface area contributed by atoms with Crippen molar-refractivity contribution in [2.24, 2.45) is 0 Å². The summed E-state index contributed by atoms with van der Waals surface area (Å²) in [5.74, 6) is 0.598. The number of benzene rings is 5. The van der Waals surface area contributed by atoms with Crippen molar-refractivity contribution in [2.45, 2.75) is 12.1 Å².